The molecule has 132 heavy (non-hydrogen) atoms. The van der Waals surface area contributed by atoms with Crippen LogP contribution in [0.2, 0.25) is 0 Å². The summed E-state index contributed by atoms with van der Waals surface area (Å²) in [4.78, 5) is 47.0. The molecule has 0 spiro atoms. The SMILES string of the molecule is [C-]#[N+]/C(C#N)=C1\C(=C\c2cc3c(s2)-c2sc4c(-c5cc(F)c(CC(CC)CCCC)s5)c5c6c(sc5c(-c5cc(F)c(CC(CC)CCCC)s5)c4c2C3(c2ccc(CCCCCC)cc2)c2ccc(CCCCCC)cc2)-c2sc(/C=C3\C(=O)c4ccccc4\C3=C(\C#N)[N+]#[C-])cc2C6(c2ccc(CCCCCC)cc2)c2ccc(CCCCCC)cc2)C(=O)c2ccccc21. The first-order valence-corrected chi connectivity index (χ1v) is 53.6. The lowest BCUT2D eigenvalue weighted by Gasteiger charge is -2.35. The first kappa shape index (κ1) is 93.2. The molecule has 0 amide bonds. The molecule has 4 aliphatic carbocycles. The summed E-state index contributed by atoms with van der Waals surface area (Å²) in [5.41, 5.74) is 16.0. The number of nitriles is 2. The van der Waals surface area contributed by atoms with E-state index in [-0.39, 0.29) is 46.4 Å². The largest absolute Gasteiger partial charge is 0.289 e. The van der Waals surface area contributed by atoms with Gasteiger partial charge in [0.15, 0.2) is 11.6 Å². The average molecular weight is 1850 g/mol. The molecule has 0 bridgehead atoms. The number of carbonyl (C=O) groups is 2. The van der Waals surface area contributed by atoms with Crippen LogP contribution >= 0.6 is 68.0 Å². The molecule has 2 atom stereocenters. The van der Waals surface area contributed by atoms with E-state index in [1.54, 1.807) is 80.2 Å². The van der Waals surface area contributed by atoms with Gasteiger partial charge in [0.05, 0.1) is 55.6 Å². The van der Waals surface area contributed by atoms with E-state index in [1.807, 2.05) is 60.7 Å². The molecule has 6 aromatic heterocycles. The smallest absolute Gasteiger partial charge is 0.270 e. The van der Waals surface area contributed by atoms with E-state index in [4.69, 9.17) is 13.1 Å². The third-order valence-corrected chi connectivity index (χ3v) is 35.7. The molecule has 2 unspecified atom stereocenters. The predicted molar refractivity (Wildman–Crippen MR) is 555 cm³/mol. The Bertz CT molecular complexity index is 6280. The number of carbonyl (C=O) groups excluding carboxylic acids is 2. The molecule has 0 N–H and O–H groups in total. The number of Topliss-reactive ketones (excluding diaryl/α,β-unsaturated/α-hetero) is 2. The van der Waals surface area contributed by atoms with Gasteiger partial charge in [-0.3, -0.25) is 9.59 Å². The Labute approximate surface area is 804 Å². The maximum atomic E-state index is 18.8. The maximum Gasteiger partial charge on any atom is 0.270 e. The Balaban J connectivity index is 1.07. The van der Waals surface area contributed by atoms with E-state index in [1.165, 1.54) is 22.3 Å². The zero-order valence-corrected chi connectivity index (χ0v) is 82.4. The van der Waals surface area contributed by atoms with Crippen molar-refractivity contribution in [2.75, 3.05) is 0 Å². The number of ketones is 2. The molecule has 14 heteroatoms. The number of benzene rings is 7. The standard InChI is InChI=1S/C118H116F2N4O2S6/c1-11-19-25-29-39-75-47-55-79(56-48-75)117(80-57-49-76(50-58-80)40-30-26-20-12-2)91-67-83(65-89-101(95(71-121)123-9)85-43-33-35-45-87(85)109(89)125)127-111(91)115-107(117)105-103(99-69-93(119)97(129-99)63-73(17-7)37-23-15-5)114-106(104(113(105)131-115)100-70-94(120)98(130-100)64-74(18-8)38-24-16-6)108-116(132-114)112-92(68-84(128-112)66-90-102(96(72-122)124-10)86-44-34-36-46-88(86)110(90)126)118(108,81-59-51-77(52-60-81)41-31-27-21-13-3)82-61-53-78(54-62-82)42-32-28-22-14-4/h33-36,43-62,65-70,73-74H,11-32,37-42,63-64H2,1-8H3/b89-65-,90-66-,101-95-,102-96+. The van der Waals surface area contributed by atoms with Crippen LogP contribution in [0.5, 0.6) is 0 Å². The normalized spacial score (nSPS) is 15.6. The van der Waals surface area contributed by atoms with Crippen molar-refractivity contribution in [3.8, 4) is 52.5 Å². The van der Waals surface area contributed by atoms with Gasteiger partial charge in [-0.15, -0.1) is 68.0 Å². The van der Waals surface area contributed by atoms with Crippen LogP contribution in [0.1, 0.15) is 328 Å². The maximum absolute atomic E-state index is 18.8. The number of aryl methyl sites for hydroxylation is 4. The second-order valence-electron chi connectivity index (χ2n) is 36.8. The highest BCUT2D eigenvalue weighted by Crippen LogP contribution is 2.71. The quantitative estimate of drug-likeness (QED) is 0.0166. The van der Waals surface area contributed by atoms with Crippen LogP contribution in [0.25, 0.3) is 93.6 Å². The first-order chi connectivity index (χ1) is 64.6. The average Bonchev–Trinajstić information content (AvgIpc) is 1.48. The number of hydrogen-bond acceptors (Lipinski definition) is 10. The van der Waals surface area contributed by atoms with Gasteiger partial charge in [0, 0.05) is 94.0 Å². The van der Waals surface area contributed by atoms with Crippen molar-refractivity contribution in [2.24, 2.45) is 11.8 Å². The van der Waals surface area contributed by atoms with Crippen LogP contribution in [0.15, 0.2) is 192 Å². The van der Waals surface area contributed by atoms with E-state index >= 15 is 18.4 Å². The van der Waals surface area contributed by atoms with E-state index in [0.29, 0.717) is 57.4 Å². The van der Waals surface area contributed by atoms with Crippen LogP contribution in [0, 0.1) is 59.3 Å². The highest BCUT2D eigenvalue weighted by Gasteiger charge is 2.55. The zero-order chi connectivity index (χ0) is 91.9. The van der Waals surface area contributed by atoms with Gasteiger partial charge < -0.3 is 0 Å². The number of thiophene rings is 6. The van der Waals surface area contributed by atoms with Gasteiger partial charge >= 0.3 is 0 Å². The number of hydrogen-bond donors (Lipinski definition) is 0. The number of rotatable bonds is 40. The van der Waals surface area contributed by atoms with Gasteiger partial charge in [0.1, 0.15) is 11.6 Å². The Kier molecular flexibility index (Phi) is 29.3. The van der Waals surface area contributed by atoms with Gasteiger partial charge in [-0.2, -0.15) is 0 Å². The van der Waals surface area contributed by atoms with Gasteiger partial charge in [0.25, 0.3) is 11.4 Å². The van der Waals surface area contributed by atoms with E-state index < -0.39 is 10.8 Å². The van der Waals surface area contributed by atoms with E-state index in [9.17, 15) is 10.5 Å². The van der Waals surface area contributed by atoms with Crippen LogP contribution in [-0.2, 0) is 49.4 Å². The minimum absolute atomic E-state index is 0.146. The minimum atomic E-state index is -1.13. The lowest BCUT2D eigenvalue weighted by molar-refractivity contribution is 0.103. The van der Waals surface area contributed by atoms with Crippen molar-refractivity contribution < 1.29 is 18.4 Å². The third-order valence-electron chi connectivity index (χ3n) is 28.5. The van der Waals surface area contributed by atoms with Crippen molar-refractivity contribution >= 4 is 123 Å². The molecule has 0 saturated carbocycles. The number of nitrogens with zero attached hydrogens (tertiary/aromatic N) is 4. The molecule has 6 nitrogen and oxygen atoms in total. The van der Waals surface area contributed by atoms with Gasteiger partial charge in [-0.25, -0.2) is 29.0 Å². The lowest BCUT2D eigenvalue weighted by Crippen LogP contribution is -2.29. The molecule has 0 aliphatic heterocycles. The molecule has 6 heterocycles. The summed E-state index contributed by atoms with van der Waals surface area (Å²) < 4.78 is 39.6. The lowest BCUT2D eigenvalue weighted by atomic mass is 9.66. The molecule has 0 radical (unpaired) electrons. The summed E-state index contributed by atoms with van der Waals surface area (Å²) >= 11 is 9.95. The highest BCUT2D eigenvalue weighted by molar-refractivity contribution is 7.30. The molecule has 670 valence electrons. The van der Waals surface area contributed by atoms with Crippen molar-refractivity contribution in [3.05, 3.63) is 335 Å². The zero-order valence-electron chi connectivity index (χ0n) is 77.5. The molecule has 13 aromatic rings. The fourth-order valence-electron chi connectivity index (χ4n) is 21.5. The summed E-state index contributed by atoms with van der Waals surface area (Å²) in [5.74, 6) is -0.454. The summed E-state index contributed by atoms with van der Waals surface area (Å²) in [6, 6.07) is 65.1. The van der Waals surface area contributed by atoms with Crippen molar-refractivity contribution in [2.45, 2.75) is 259 Å². The molecule has 4 aliphatic rings. The molecule has 0 saturated heterocycles. The Morgan fingerprint density at radius 3 is 1.01 bits per heavy atom. The second-order valence-corrected chi connectivity index (χ2v) is 43.3. The van der Waals surface area contributed by atoms with Crippen LogP contribution in [-0.4, -0.2) is 11.6 Å². The summed E-state index contributed by atoms with van der Waals surface area (Å²) in [6.07, 6.45) is 34.5. The van der Waals surface area contributed by atoms with Crippen LogP contribution in [0.3, 0.4) is 0 Å². The summed E-state index contributed by atoms with van der Waals surface area (Å²) in [7, 11) is 0. The molecule has 17 rings (SSSR count). The van der Waals surface area contributed by atoms with Crippen molar-refractivity contribution in [1.82, 2.24) is 0 Å². The number of fused-ring (bicyclic) bond motifs is 12. The van der Waals surface area contributed by atoms with Crippen molar-refractivity contribution in [1.29, 1.82) is 10.5 Å². The predicted octanol–water partition coefficient (Wildman–Crippen LogP) is 35.6. The van der Waals surface area contributed by atoms with Gasteiger partial charge in [0.2, 0.25) is 0 Å². The number of allylic oxidation sites excluding steroid dienone is 6. The van der Waals surface area contributed by atoms with Crippen LogP contribution in [0.4, 0.5) is 8.78 Å². The van der Waals surface area contributed by atoms with Crippen molar-refractivity contribution in [3.63, 3.8) is 0 Å². The Morgan fingerprint density at radius 2 is 0.712 bits per heavy atom. The number of halogens is 2. The second kappa shape index (κ2) is 41.5. The minimum Gasteiger partial charge on any atom is -0.289 e. The highest BCUT2D eigenvalue weighted by atomic mass is 32.1. The Hall–Kier alpha value is -10.6. The monoisotopic (exact) mass is 1850 g/mol. The first-order valence-electron chi connectivity index (χ1n) is 48.7. The number of unbranched alkanes of at least 4 members (excludes halogenated alkanes) is 14. The molecular formula is C118H116F2N4O2S6. The topological polar surface area (TPSA) is 90.4 Å². The molecule has 0 fully saturated rings. The summed E-state index contributed by atoms with van der Waals surface area (Å²) in [6.45, 7) is 34.9. The van der Waals surface area contributed by atoms with Crippen LogP contribution < -0.4 is 0 Å². The van der Waals surface area contributed by atoms with E-state index in [2.05, 4.69) is 186 Å². The van der Waals surface area contributed by atoms with Gasteiger partial charge in [-0.1, -0.05) is 329 Å². The van der Waals surface area contributed by atoms with Gasteiger partial charge in [-0.05, 0) is 190 Å². The fraction of sp³-hybridized carbons (Fsp3) is 0.356. The van der Waals surface area contributed by atoms with E-state index in [0.717, 1.165) is 304 Å². The fourth-order valence-corrected chi connectivity index (χ4v) is 29.5. The molecular weight excluding hydrogens is 1740 g/mol. The Morgan fingerprint density at radius 1 is 0.394 bits per heavy atom. The third kappa shape index (κ3) is 17.3. The molecule has 7 aromatic carbocycles. The summed E-state index contributed by atoms with van der Waals surface area (Å²) in [5, 5.41) is 23.7.